The average molecular weight is 297 g/mol. The molecule has 1 aromatic carbocycles. The summed E-state index contributed by atoms with van der Waals surface area (Å²) in [4.78, 5) is 0. The number of nitrogens with one attached hydrogen (secondary N) is 1. The Morgan fingerprint density at radius 1 is 1.15 bits per heavy atom. The molecule has 1 rings (SSSR count). The fourth-order valence-electron chi connectivity index (χ4n) is 1.84. The Bertz CT molecular complexity index is 354. The van der Waals surface area contributed by atoms with Crippen LogP contribution < -0.4 is 10.1 Å². The molecule has 0 heterocycles. The minimum absolute atomic E-state index is 0.215. The van der Waals surface area contributed by atoms with E-state index in [0.717, 1.165) is 30.2 Å². The summed E-state index contributed by atoms with van der Waals surface area (Å²) in [5.74, 6) is 3.04. The van der Waals surface area contributed by atoms with Gasteiger partial charge in [0.2, 0.25) is 0 Å². The van der Waals surface area contributed by atoms with E-state index < -0.39 is 0 Å². The van der Waals surface area contributed by atoms with Gasteiger partial charge in [0, 0.05) is 24.9 Å². The smallest absolute Gasteiger partial charge is 0.119 e. The van der Waals surface area contributed by atoms with Crippen molar-refractivity contribution in [2.45, 2.75) is 39.3 Å². The van der Waals surface area contributed by atoms with Crippen LogP contribution in [0, 0.1) is 0 Å². The molecule has 0 aliphatic heterocycles. The van der Waals surface area contributed by atoms with Crippen LogP contribution in [0.5, 0.6) is 5.75 Å². The lowest BCUT2D eigenvalue weighted by atomic mass is 10.1. The SMILES string of the molecule is CC(C)Oc1ccc(C(C)NCCSCCCO)cc1. The summed E-state index contributed by atoms with van der Waals surface area (Å²) in [5, 5.41) is 12.2. The third kappa shape index (κ3) is 7.17. The number of thioether (sulfide) groups is 1. The maximum Gasteiger partial charge on any atom is 0.119 e. The van der Waals surface area contributed by atoms with E-state index in [9.17, 15) is 0 Å². The quantitative estimate of drug-likeness (QED) is 0.651. The van der Waals surface area contributed by atoms with Gasteiger partial charge in [0.05, 0.1) is 6.10 Å². The molecule has 20 heavy (non-hydrogen) atoms. The molecule has 0 radical (unpaired) electrons. The number of aliphatic hydroxyl groups excluding tert-OH is 1. The van der Waals surface area contributed by atoms with Crippen molar-refractivity contribution < 1.29 is 9.84 Å². The Labute approximate surface area is 127 Å². The van der Waals surface area contributed by atoms with Crippen LogP contribution in [0.3, 0.4) is 0 Å². The minimum atomic E-state index is 0.215. The molecule has 0 saturated heterocycles. The standard InChI is InChI=1S/C16H27NO2S/c1-13(2)19-16-7-5-15(6-8-16)14(3)17-9-12-20-11-4-10-18/h5-8,13-14,17-18H,4,9-12H2,1-3H3. The summed E-state index contributed by atoms with van der Waals surface area (Å²) in [5.41, 5.74) is 1.28. The maximum absolute atomic E-state index is 8.70. The molecule has 4 heteroatoms. The van der Waals surface area contributed by atoms with Crippen molar-refractivity contribution in [2.75, 3.05) is 24.7 Å². The highest BCUT2D eigenvalue weighted by atomic mass is 32.2. The van der Waals surface area contributed by atoms with Crippen LogP contribution >= 0.6 is 11.8 Å². The van der Waals surface area contributed by atoms with Gasteiger partial charge in [-0.3, -0.25) is 0 Å². The van der Waals surface area contributed by atoms with E-state index in [4.69, 9.17) is 9.84 Å². The van der Waals surface area contributed by atoms with Crippen molar-refractivity contribution >= 4 is 11.8 Å². The lowest BCUT2D eigenvalue weighted by molar-refractivity contribution is 0.242. The summed E-state index contributed by atoms with van der Waals surface area (Å²) >= 11 is 1.88. The largest absolute Gasteiger partial charge is 0.491 e. The first-order chi connectivity index (χ1) is 9.63. The number of rotatable bonds is 10. The average Bonchev–Trinajstić information content (AvgIpc) is 2.42. The molecule has 3 nitrogen and oxygen atoms in total. The number of ether oxygens (including phenoxy) is 1. The van der Waals surface area contributed by atoms with Gasteiger partial charge in [0.25, 0.3) is 0 Å². The third-order valence-corrected chi connectivity index (χ3v) is 3.97. The van der Waals surface area contributed by atoms with Crippen LogP contribution in [0.4, 0.5) is 0 Å². The predicted octanol–water partition coefficient (Wildman–Crippen LogP) is 3.24. The Morgan fingerprint density at radius 3 is 2.45 bits per heavy atom. The van der Waals surface area contributed by atoms with Crippen molar-refractivity contribution in [3.05, 3.63) is 29.8 Å². The van der Waals surface area contributed by atoms with Crippen LogP contribution in [0.25, 0.3) is 0 Å². The molecule has 0 spiro atoms. The lowest BCUT2D eigenvalue weighted by Crippen LogP contribution is -2.21. The molecule has 0 fully saturated rings. The summed E-state index contributed by atoms with van der Waals surface area (Å²) in [7, 11) is 0. The fourth-order valence-corrected chi connectivity index (χ4v) is 2.64. The topological polar surface area (TPSA) is 41.5 Å². The van der Waals surface area contributed by atoms with Crippen LogP contribution in [-0.4, -0.2) is 35.9 Å². The van der Waals surface area contributed by atoms with E-state index in [-0.39, 0.29) is 6.10 Å². The molecule has 2 N–H and O–H groups in total. The van der Waals surface area contributed by atoms with Crippen molar-refractivity contribution in [2.24, 2.45) is 0 Å². The van der Waals surface area contributed by atoms with Crippen LogP contribution in [0.1, 0.15) is 38.8 Å². The molecule has 0 aromatic heterocycles. The molecule has 114 valence electrons. The summed E-state index contributed by atoms with van der Waals surface area (Å²) in [6.45, 7) is 7.53. The molecule has 0 saturated carbocycles. The second-order valence-electron chi connectivity index (χ2n) is 5.10. The molecule has 0 aliphatic carbocycles. The van der Waals surface area contributed by atoms with Crippen molar-refractivity contribution in [3.63, 3.8) is 0 Å². The minimum Gasteiger partial charge on any atom is -0.491 e. The zero-order valence-corrected chi connectivity index (χ0v) is 13.6. The molecule has 1 atom stereocenters. The molecule has 0 bridgehead atoms. The molecule has 0 amide bonds. The number of aliphatic hydroxyl groups is 1. The molecular formula is C16H27NO2S. The van der Waals surface area contributed by atoms with E-state index in [0.29, 0.717) is 12.6 Å². The van der Waals surface area contributed by atoms with Crippen LogP contribution in [-0.2, 0) is 0 Å². The van der Waals surface area contributed by atoms with Gasteiger partial charge in [0.1, 0.15) is 5.75 Å². The third-order valence-electron chi connectivity index (χ3n) is 2.90. The first-order valence-electron chi connectivity index (χ1n) is 7.32. The highest BCUT2D eigenvalue weighted by Crippen LogP contribution is 2.18. The summed E-state index contributed by atoms with van der Waals surface area (Å²) in [6, 6.07) is 8.65. The van der Waals surface area contributed by atoms with Gasteiger partial charge in [-0.05, 0) is 50.6 Å². The van der Waals surface area contributed by atoms with Gasteiger partial charge in [-0.1, -0.05) is 12.1 Å². The van der Waals surface area contributed by atoms with E-state index >= 15 is 0 Å². The van der Waals surface area contributed by atoms with Crippen molar-refractivity contribution in [3.8, 4) is 5.75 Å². The second kappa shape index (κ2) is 10.1. The van der Waals surface area contributed by atoms with Gasteiger partial charge >= 0.3 is 0 Å². The van der Waals surface area contributed by atoms with Gasteiger partial charge in [-0.15, -0.1) is 0 Å². The van der Waals surface area contributed by atoms with Crippen LogP contribution in [0.15, 0.2) is 24.3 Å². The molecule has 1 unspecified atom stereocenters. The first kappa shape index (κ1) is 17.3. The zero-order valence-electron chi connectivity index (χ0n) is 12.8. The van der Waals surface area contributed by atoms with E-state index in [2.05, 4.69) is 24.4 Å². The van der Waals surface area contributed by atoms with Gasteiger partial charge in [-0.25, -0.2) is 0 Å². The van der Waals surface area contributed by atoms with Crippen molar-refractivity contribution in [1.29, 1.82) is 0 Å². The summed E-state index contributed by atoms with van der Waals surface area (Å²) in [6.07, 6.45) is 1.10. The predicted molar refractivity (Wildman–Crippen MR) is 87.7 cm³/mol. The molecule has 1 aromatic rings. The highest BCUT2D eigenvalue weighted by Gasteiger charge is 2.05. The van der Waals surface area contributed by atoms with E-state index in [1.54, 1.807) is 0 Å². The normalized spacial score (nSPS) is 12.7. The Morgan fingerprint density at radius 2 is 1.85 bits per heavy atom. The molecular weight excluding hydrogens is 270 g/mol. The van der Waals surface area contributed by atoms with Gasteiger partial charge in [0.15, 0.2) is 0 Å². The monoisotopic (exact) mass is 297 g/mol. The second-order valence-corrected chi connectivity index (χ2v) is 6.33. The number of benzene rings is 1. The summed E-state index contributed by atoms with van der Waals surface area (Å²) < 4.78 is 5.64. The van der Waals surface area contributed by atoms with Gasteiger partial charge < -0.3 is 15.2 Å². The first-order valence-corrected chi connectivity index (χ1v) is 8.47. The fraction of sp³-hybridized carbons (Fsp3) is 0.625. The van der Waals surface area contributed by atoms with E-state index in [1.807, 2.05) is 37.7 Å². The van der Waals surface area contributed by atoms with Crippen molar-refractivity contribution in [1.82, 2.24) is 5.32 Å². The Kier molecular flexibility index (Phi) is 8.74. The van der Waals surface area contributed by atoms with Gasteiger partial charge in [-0.2, -0.15) is 11.8 Å². The highest BCUT2D eigenvalue weighted by molar-refractivity contribution is 7.99. The maximum atomic E-state index is 8.70. The lowest BCUT2D eigenvalue weighted by Gasteiger charge is -2.15. The number of hydrogen-bond donors (Lipinski definition) is 2. The Balaban J connectivity index is 2.27. The molecule has 0 aliphatic rings. The Hall–Kier alpha value is -0.710. The van der Waals surface area contributed by atoms with Crippen LogP contribution in [0.2, 0.25) is 0 Å². The van der Waals surface area contributed by atoms with E-state index in [1.165, 1.54) is 5.56 Å². The zero-order chi connectivity index (χ0) is 14.8. The number of hydrogen-bond acceptors (Lipinski definition) is 4.